The molecule has 1 unspecified atom stereocenters. The first kappa shape index (κ1) is 30.4. The van der Waals surface area contributed by atoms with Crippen molar-refractivity contribution in [3.63, 3.8) is 0 Å². The van der Waals surface area contributed by atoms with Crippen LogP contribution in [0.2, 0.25) is 5.02 Å². The van der Waals surface area contributed by atoms with Crippen LogP contribution in [0.3, 0.4) is 0 Å². The zero-order valence-corrected chi connectivity index (χ0v) is 24.9. The van der Waals surface area contributed by atoms with Crippen LogP contribution in [-0.4, -0.2) is 57.4 Å². The van der Waals surface area contributed by atoms with E-state index in [1.165, 1.54) is 24.1 Å². The Morgan fingerprint density at radius 2 is 1.61 bits per heavy atom. The Labute approximate surface area is 247 Å². The molecular formula is C31H36ClN3O5S. The maximum absolute atomic E-state index is 14.0. The van der Waals surface area contributed by atoms with E-state index in [1.807, 2.05) is 30.3 Å². The molecule has 0 aliphatic heterocycles. The first-order chi connectivity index (χ1) is 19.7. The van der Waals surface area contributed by atoms with Crippen LogP contribution in [0.4, 0.5) is 5.69 Å². The summed E-state index contributed by atoms with van der Waals surface area (Å²) in [5.41, 5.74) is 1.29. The average molecular weight is 598 g/mol. The molecule has 218 valence electrons. The number of hydrogen-bond acceptors (Lipinski definition) is 5. The number of ether oxygens (including phenoxy) is 1. The molecule has 0 aromatic heterocycles. The Hall–Kier alpha value is -3.56. The van der Waals surface area contributed by atoms with Gasteiger partial charge in [0.05, 0.1) is 17.7 Å². The van der Waals surface area contributed by atoms with Gasteiger partial charge in [0.15, 0.2) is 0 Å². The molecule has 1 saturated carbocycles. The van der Waals surface area contributed by atoms with E-state index in [9.17, 15) is 18.0 Å². The fraction of sp³-hybridized carbons (Fsp3) is 0.355. The lowest BCUT2D eigenvalue weighted by molar-refractivity contribution is -0.139. The van der Waals surface area contributed by atoms with Gasteiger partial charge in [0.2, 0.25) is 11.8 Å². The number of carbonyl (C=O) groups excluding carboxylic acids is 2. The van der Waals surface area contributed by atoms with Gasteiger partial charge in [-0.2, -0.15) is 0 Å². The van der Waals surface area contributed by atoms with Crippen LogP contribution in [0.1, 0.15) is 38.2 Å². The minimum absolute atomic E-state index is 0.00362. The molecule has 0 heterocycles. The molecule has 0 radical (unpaired) electrons. The highest BCUT2D eigenvalue weighted by atomic mass is 35.5. The molecule has 8 nitrogen and oxygen atoms in total. The zero-order chi connectivity index (χ0) is 29.4. The number of nitrogens with one attached hydrogen (secondary N) is 1. The first-order valence-corrected chi connectivity index (χ1v) is 15.6. The van der Waals surface area contributed by atoms with E-state index in [0.29, 0.717) is 17.2 Å². The summed E-state index contributed by atoms with van der Waals surface area (Å²) in [6.45, 7) is 1.45. The number of rotatable bonds is 12. The van der Waals surface area contributed by atoms with Gasteiger partial charge in [0.1, 0.15) is 18.3 Å². The maximum Gasteiger partial charge on any atom is 0.264 e. The van der Waals surface area contributed by atoms with E-state index < -0.39 is 28.5 Å². The molecule has 1 atom stereocenters. The Kier molecular flexibility index (Phi) is 10.3. The van der Waals surface area contributed by atoms with Gasteiger partial charge in [-0.15, -0.1) is 0 Å². The largest absolute Gasteiger partial charge is 0.497 e. The molecule has 1 fully saturated rings. The number of sulfonamides is 1. The summed E-state index contributed by atoms with van der Waals surface area (Å²) in [5, 5.41) is 3.51. The molecule has 1 N–H and O–H groups in total. The van der Waals surface area contributed by atoms with Crippen LogP contribution >= 0.6 is 11.6 Å². The van der Waals surface area contributed by atoms with Gasteiger partial charge in [-0.3, -0.25) is 13.9 Å². The number of anilines is 1. The number of halogens is 1. The van der Waals surface area contributed by atoms with Gasteiger partial charge in [-0.05, 0) is 80.3 Å². The number of methoxy groups -OCH3 is 1. The van der Waals surface area contributed by atoms with Crippen molar-refractivity contribution in [2.75, 3.05) is 24.5 Å². The normalized spacial score (nSPS) is 14.3. The second kappa shape index (κ2) is 13.9. The molecule has 2 amide bonds. The fourth-order valence-corrected chi connectivity index (χ4v) is 6.51. The van der Waals surface area contributed by atoms with Crippen molar-refractivity contribution >= 4 is 39.1 Å². The topological polar surface area (TPSA) is 96.0 Å². The van der Waals surface area contributed by atoms with Gasteiger partial charge < -0.3 is 15.0 Å². The van der Waals surface area contributed by atoms with Crippen LogP contribution < -0.4 is 14.4 Å². The molecular weight excluding hydrogens is 562 g/mol. The molecule has 0 saturated heterocycles. The number of benzene rings is 3. The third-order valence-corrected chi connectivity index (χ3v) is 9.43. The molecule has 1 aliphatic rings. The predicted molar refractivity (Wildman–Crippen MR) is 161 cm³/mol. The monoisotopic (exact) mass is 597 g/mol. The summed E-state index contributed by atoms with van der Waals surface area (Å²) in [4.78, 5) is 28.7. The summed E-state index contributed by atoms with van der Waals surface area (Å²) in [6, 6.07) is 21.2. The molecule has 10 heteroatoms. The zero-order valence-electron chi connectivity index (χ0n) is 23.3. The first-order valence-electron chi connectivity index (χ1n) is 13.7. The summed E-state index contributed by atoms with van der Waals surface area (Å²) in [6.07, 6.45) is 4.48. The van der Waals surface area contributed by atoms with E-state index >= 15 is 0 Å². The Morgan fingerprint density at radius 1 is 0.976 bits per heavy atom. The standard InChI is InChI=1S/C31H36ClN3O5S/c1-23(31(37)33-26-10-6-7-11-26)34(21-20-24-8-4-3-5-9-24)30(36)22-35(27-14-12-25(32)13-15-27)41(38,39)29-18-16-28(40-2)17-19-29/h3-5,8-9,12-19,23,26H,6-7,10-11,20-22H2,1-2H3,(H,33,37). The minimum Gasteiger partial charge on any atom is -0.497 e. The van der Waals surface area contributed by atoms with E-state index in [1.54, 1.807) is 43.3 Å². The summed E-state index contributed by atoms with van der Waals surface area (Å²) in [7, 11) is -2.67. The van der Waals surface area contributed by atoms with E-state index in [4.69, 9.17) is 16.3 Å². The lowest BCUT2D eigenvalue weighted by atomic mass is 10.1. The third-order valence-electron chi connectivity index (χ3n) is 7.39. The van der Waals surface area contributed by atoms with E-state index in [0.717, 1.165) is 35.6 Å². The van der Waals surface area contributed by atoms with Crippen molar-refractivity contribution in [3.8, 4) is 5.75 Å². The molecule has 0 bridgehead atoms. The average Bonchev–Trinajstić information content (AvgIpc) is 3.50. The lowest BCUT2D eigenvalue weighted by Crippen LogP contribution is -2.53. The van der Waals surface area contributed by atoms with Crippen molar-refractivity contribution in [2.24, 2.45) is 0 Å². The molecule has 3 aromatic carbocycles. The van der Waals surface area contributed by atoms with Gasteiger partial charge in [-0.25, -0.2) is 8.42 Å². The fourth-order valence-electron chi connectivity index (χ4n) is 4.97. The minimum atomic E-state index is -4.17. The molecule has 1 aliphatic carbocycles. The second-order valence-electron chi connectivity index (χ2n) is 10.2. The smallest absolute Gasteiger partial charge is 0.264 e. The Morgan fingerprint density at radius 3 is 2.22 bits per heavy atom. The van der Waals surface area contributed by atoms with Crippen LogP contribution in [0.25, 0.3) is 0 Å². The molecule has 4 rings (SSSR count). The van der Waals surface area contributed by atoms with Crippen molar-refractivity contribution in [1.82, 2.24) is 10.2 Å². The third kappa shape index (κ3) is 7.80. The van der Waals surface area contributed by atoms with Crippen molar-refractivity contribution in [1.29, 1.82) is 0 Å². The van der Waals surface area contributed by atoms with E-state index in [-0.39, 0.29) is 29.1 Å². The van der Waals surface area contributed by atoms with Gasteiger partial charge in [-0.1, -0.05) is 54.8 Å². The Bertz CT molecular complexity index is 1410. The lowest BCUT2D eigenvalue weighted by Gasteiger charge is -2.32. The summed E-state index contributed by atoms with van der Waals surface area (Å²) >= 11 is 6.08. The molecule has 41 heavy (non-hydrogen) atoms. The van der Waals surface area contributed by atoms with Crippen LogP contribution in [0.15, 0.2) is 83.8 Å². The van der Waals surface area contributed by atoms with Gasteiger partial charge in [0, 0.05) is 17.6 Å². The number of carbonyl (C=O) groups is 2. The Balaban J connectivity index is 1.64. The van der Waals surface area contributed by atoms with Crippen molar-refractivity contribution in [3.05, 3.63) is 89.4 Å². The quantitative estimate of drug-likeness (QED) is 0.315. The summed E-state index contributed by atoms with van der Waals surface area (Å²) in [5.74, 6) is -0.219. The van der Waals surface area contributed by atoms with Crippen molar-refractivity contribution < 1.29 is 22.7 Å². The summed E-state index contributed by atoms with van der Waals surface area (Å²) < 4.78 is 34.0. The van der Waals surface area contributed by atoms with Crippen molar-refractivity contribution in [2.45, 2.75) is 56.0 Å². The number of amides is 2. The van der Waals surface area contributed by atoms with Crippen LogP contribution in [-0.2, 0) is 26.0 Å². The van der Waals surface area contributed by atoms with E-state index in [2.05, 4.69) is 5.32 Å². The van der Waals surface area contributed by atoms with Crippen LogP contribution in [0, 0.1) is 0 Å². The van der Waals surface area contributed by atoms with Gasteiger partial charge in [0.25, 0.3) is 10.0 Å². The van der Waals surface area contributed by atoms with Crippen LogP contribution in [0.5, 0.6) is 5.75 Å². The highest BCUT2D eigenvalue weighted by Crippen LogP contribution is 2.27. The highest BCUT2D eigenvalue weighted by Gasteiger charge is 2.33. The number of hydrogen-bond donors (Lipinski definition) is 1. The maximum atomic E-state index is 14.0. The SMILES string of the molecule is COc1ccc(S(=O)(=O)N(CC(=O)N(CCc2ccccc2)C(C)C(=O)NC2CCCC2)c2ccc(Cl)cc2)cc1. The number of nitrogens with zero attached hydrogens (tertiary/aromatic N) is 2. The molecule has 0 spiro atoms. The predicted octanol–water partition coefficient (Wildman–Crippen LogP) is 5.06. The molecule has 3 aromatic rings. The highest BCUT2D eigenvalue weighted by molar-refractivity contribution is 7.92. The van der Waals surface area contributed by atoms with Gasteiger partial charge >= 0.3 is 0 Å². The second-order valence-corrected chi connectivity index (χ2v) is 12.5.